The molecule has 2 N–H and O–H groups in total. The second-order valence-electron chi connectivity index (χ2n) is 7.68. The van der Waals surface area contributed by atoms with Crippen molar-refractivity contribution in [3.05, 3.63) is 23.7 Å². The molecule has 2 aliphatic rings. The van der Waals surface area contributed by atoms with Crippen molar-refractivity contribution in [2.24, 2.45) is 0 Å². The van der Waals surface area contributed by atoms with Crippen LogP contribution in [0.4, 0.5) is 30.6 Å². The predicted octanol–water partition coefficient (Wildman–Crippen LogP) is 3.21. The molecule has 2 saturated heterocycles. The van der Waals surface area contributed by atoms with E-state index < -0.39 is 11.7 Å². The Kier molecular flexibility index (Phi) is 5.83. The Balaban J connectivity index is 1.51. The lowest BCUT2D eigenvalue weighted by Crippen LogP contribution is -2.52. The molecule has 2 fully saturated rings. The number of aromatic nitrogens is 4. The van der Waals surface area contributed by atoms with Gasteiger partial charge in [0.05, 0.1) is 42.9 Å². The average molecular weight is 425 g/mol. The minimum atomic E-state index is -4.52. The average Bonchev–Trinajstić information content (AvgIpc) is 3.00. The highest BCUT2D eigenvalue weighted by atomic mass is 19.4. The third kappa shape index (κ3) is 4.22. The monoisotopic (exact) mass is 425 g/mol. The second kappa shape index (κ2) is 8.38. The van der Waals surface area contributed by atoms with E-state index in [2.05, 4.69) is 30.6 Å². The molecule has 8 nitrogen and oxygen atoms in total. The first kappa shape index (κ1) is 20.9. The summed E-state index contributed by atoms with van der Waals surface area (Å²) in [5.74, 6) is -0.142. The lowest BCUT2D eigenvalue weighted by molar-refractivity contribution is -0.137. The van der Waals surface area contributed by atoms with Gasteiger partial charge in [-0.25, -0.2) is 4.98 Å². The summed E-state index contributed by atoms with van der Waals surface area (Å²) in [7, 11) is 0. The minimum Gasteiger partial charge on any atom is -0.378 e. The van der Waals surface area contributed by atoms with Gasteiger partial charge in [-0.2, -0.15) is 23.3 Å². The summed E-state index contributed by atoms with van der Waals surface area (Å²) < 4.78 is 46.8. The molecule has 0 aromatic carbocycles. The summed E-state index contributed by atoms with van der Waals surface area (Å²) in [6.07, 6.45) is 0.0846. The van der Waals surface area contributed by atoms with Crippen LogP contribution >= 0.6 is 0 Å². The van der Waals surface area contributed by atoms with Crippen molar-refractivity contribution in [1.29, 1.82) is 0 Å². The van der Waals surface area contributed by atoms with Crippen molar-refractivity contribution in [2.75, 3.05) is 43.5 Å². The fraction of sp³-hybridized carbons (Fsp3) is 0.632. The Bertz CT molecular complexity index is 881. The standard InChI is InChI=1S/C19H26F3N7O/c1-3-23-17-15(19(20,21)22)7-24-18(27-17)26-16-8-25-29(12(16)2)13-5-4-6-28(9-13)14-10-30-11-14/h7-8,13-14H,3-6,9-11H2,1-2H3,(H2,23,24,26,27). The number of hydrogen-bond acceptors (Lipinski definition) is 7. The van der Waals surface area contributed by atoms with E-state index in [9.17, 15) is 13.2 Å². The van der Waals surface area contributed by atoms with Crippen LogP contribution in [0.15, 0.2) is 12.4 Å². The van der Waals surface area contributed by atoms with E-state index in [-0.39, 0.29) is 17.8 Å². The van der Waals surface area contributed by atoms with Crippen molar-refractivity contribution in [3.8, 4) is 0 Å². The van der Waals surface area contributed by atoms with Crippen molar-refractivity contribution < 1.29 is 17.9 Å². The summed E-state index contributed by atoms with van der Waals surface area (Å²) in [5, 5.41) is 10.2. The molecule has 1 atom stereocenters. The zero-order valence-corrected chi connectivity index (χ0v) is 17.0. The molecule has 1 unspecified atom stereocenters. The first-order chi connectivity index (χ1) is 14.4. The number of piperidine rings is 1. The first-order valence-corrected chi connectivity index (χ1v) is 10.2. The van der Waals surface area contributed by atoms with Crippen LogP contribution in [0.2, 0.25) is 0 Å². The quantitative estimate of drug-likeness (QED) is 0.736. The highest BCUT2D eigenvalue weighted by molar-refractivity contribution is 5.58. The molecule has 4 heterocycles. The number of alkyl halides is 3. The number of halogens is 3. The number of likely N-dealkylation sites (tertiary alicyclic amines) is 1. The van der Waals surface area contributed by atoms with Gasteiger partial charge in [0.15, 0.2) is 0 Å². The fourth-order valence-corrected chi connectivity index (χ4v) is 3.94. The van der Waals surface area contributed by atoms with Gasteiger partial charge >= 0.3 is 6.18 Å². The zero-order valence-electron chi connectivity index (χ0n) is 17.0. The molecule has 0 aliphatic carbocycles. The van der Waals surface area contributed by atoms with Crippen LogP contribution in [-0.2, 0) is 10.9 Å². The molecule has 0 spiro atoms. The van der Waals surface area contributed by atoms with Gasteiger partial charge in [-0.3, -0.25) is 9.58 Å². The molecule has 0 bridgehead atoms. The smallest absolute Gasteiger partial charge is 0.378 e. The highest BCUT2D eigenvalue weighted by Crippen LogP contribution is 2.34. The van der Waals surface area contributed by atoms with Gasteiger partial charge in [-0.15, -0.1) is 0 Å². The molecule has 11 heteroatoms. The summed E-state index contributed by atoms with van der Waals surface area (Å²) in [5.41, 5.74) is 0.700. The lowest BCUT2D eigenvalue weighted by Gasteiger charge is -2.42. The molecule has 4 rings (SSSR count). The molecule has 30 heavy (non-hydrogen) atoms. The van der Waals surface area contributed by atoms with E-state index in [0.717, 1.165) is 51.0 Å². The van der Waals surface area contributed by atoms with Crippen LogP contribution in [0.3, 0.4) is 0 Å². The lowest BCUT2D eigenvalue weighted by atomic mass is 10.0. The highest BCUT2D eigenvalue weighted by Gasteiger charge is 2.35. The number of anilines is 3. The Morgan fingerprint density at radius 2 is 2.03 bits per heavy atom. The molecule has 2 aromatic heterocycles. The van der Waals surface area contributed by atoms with Crippen molar-refractivity contribution in [2.45, 2.75) is 44.9 Å². The van der Waals surface area contributed by atoms with Crippen molar-refractivity contribution >= 4 is 17.5 Å². The topological polar surface area (TPSA) is 80.1 Å². The summed E-state index contributed by atoms with van der Waals surface area (Å²) in [6.45, 7) is 7.54. The van der Waals surface area contributed by atoms with Crippen molar-refractivity contribution in [1.82, 2.24) is 24.6 Å². The van der Waals surface area contributed by atoms with Gasteiger partial charge in [0.2, 0.25) is 5.95 Å². The predicted molar refractivity (Wildman–Crippen MR) is 106 cm³/mol. The van der Waals surface area contributed by atoms with E-state index in [4.69, 9.17) is 4.74 Å². The number of hydrogen-bond donors (Lipinski definition) is 2. The maximum atomic E-state index is 13.2. The Morgan fingerprint density at radius 1 is 1.23 bits per heavy atom. The third-order valence-electron chi connectivity index (χ3n) is 5.64. The molecule has 2 aromatic rings. The number of rotatable bonds is 6. The van der Waals surface area contributed by atoms with Crippen LogP contribution in [0.1, 0.15) is 37.1 Å². The number of ether oxygens (including phenoxy) is 1. The van der Waals surface area contributed by atoms with E-state index >= 15 is 0 Å². The van der Waals surface area contributed by atoms with Crippen LogP contribution in [0.5, 0.6) is 0 Å². The SMILES string of the molecule is CCNc1nc(Nc2cnn(C3CCCN(C4COC4)C3)c2C)ncc1C(F)(F)F. The normalized spacial score (nSPS) is 20.8. The van der Waals surface area contributed by atoms with E-state index in [1.54, 1.807) is 13.1 Å². The molecular formula is C19H26F3N7O. The maximum absolute atomic E-state index is 13.2. The van der Waals surface area contributed by atoms with Gasteiger partial charge in [0.25, 0.3) is 0 Å². The molecule has 164 valence electrons. The number of nitrogens with zero attached hydrogens (tertiary/aromatic N) is 5. The van der Waals surface area contributed by atoms with Gasteiger partial charge in [-0.1, -0.05) is 0 Å². The van der Waals surface area contributed by atoms with Crippen molar-refractivity contribution in [3.63, 3.8) is 0 Å². The molecule has 0 saturated carbocycles. The van der Waals surface area contributed by atoms with Gasteiger partial charge < -0.3 is 15.4 Å². The molecule has 0 radical (unpaired) electrons. The largest absolute Gasteiger partial charge is 0.421 e. The van der Waals surface area contributed by atoms with Crippen LogP contribution < -0.4 is 10.6 Å². The second-order valence-corrected chi connectivity index (χ2v) is 7.68. The first-order valence-electron chi connectivity index (χ1n) is 10.2. The molecular weight excluding hydrogens is 399 g/mol. The van der Waals surface area contributed by atoms with Gasteiger partial charge in [0, 0.05) is 19.3 Å². The Morgan fingerprint density at radius 3 is 2.70 bits per heavy atom. The van der Waals surface area contributed by atoms with E-state index in [1.165, 1.54) is 0 Å². The van der Waals surface area contributed by atoms with Crippen LogP contribution in [0.25, 0.3) is 0 Å². The molecule has 0 amide bonds. The summed E-state index contributed by atoms with van der Waals surface area (Å²) >= 11 is 0. The Labute approximate surface area is 172 Å². The third-order valence-corrected chi connectivity index (χ3v) is 5.64. The Hall–Kier alpha value is -2.40. The van der Waals surface area contributed by atoms with E-state index in [0.29, 0.717) is 18.3 Å². The van der Waals surface area contributed by atoms with Gasteiger partial charge in [-0.05, 0) is 33.2 Å². The molecule has 2 aliphatic heterocycles. The van der Waals surface area contributed by atoms with Crippen LogP contribution in [-0.4, -0.2) is 63.5 Å². The maximum Gasteiger partial charge on any atom is 0.421 e. The summed E-state index contributed by atoms with van der Waals surface area (Å²) in [6, 6.07) is 0.743. The van der Waals surface area contributed by atoms with Crippen LogP contribution in [0, 0.1) is 6.92 Å². The summed E-state index contributed by atoms with van der Waals surface area (Å²) in [4.78, 5) is 10.3. The number of nitrogens with one attached hydrogen (secondary N) is 2. The minimum absolute atomic E-state index is 0.0958. The zero-order chi connectivity index (χ0) is 21.3. The fourth-order valence-electron chi connectivity index (χ4n) is 3.94. The van der Waals surface area contributed by atoms with Gasteiger partial charge in [0.1, 0.15) is 11.4 Å². The van der Waals surface area contributed by atoms with E-state index in [1.807, 2.05) is 11.6 Å².